The minimum absolute atomic E-state index is 0.628. The van der Waals surface area contributed by atoms with E-state index in [4.69, 9.17) is 4.74 Å². The van der Waals surface area contributed by atoms with Gasteiger partial charge in [-0.1, -0.05) is 225 Å². The van der Waals surface area contributed by atoms with Gasteiger partial charge < -0.3 is 4.74 Å². The third-order valence-electron chi connectivity index (χ3n) is 10.2. The first-order chi connectivity index (χ1) is 21.4. The molecule has 43 heavy (non-hydrogen) atoms. The van der Waals surface area contributed by atoms with E-state index in [0.717, 1.165) is 0 Å². The highest BCUT2D eigenvalue weighted by Crippen LogP contribution is 2.32. The average Bonchev–Trinajstić information content (AvgIpc) is 3.77. The van der Waals surface area contributed by atoms with Crippen molar-refractivity contribution in [2.45, 2.75) is 257 Å². The zero-order valence-corrected chi connectivity index (χ0v) is 30.0. The molecular weight excluding hydrogens is 520 g/mol. The highest BCUT2D eigenvalue weighted by molar-refractivity contribution is 4.84. The van der Waals surface area contributed by atoms with Gasteiger partial charge in [0.05, 0.1) is 12.2 Å². The van der Waals surface area contributed by atoms with E-state index in [0.29, 0.717) is 12.2 Å². The quantitative estimate of drug-likeness (QED) is 0.0389. The fourth-order valence-electron chi connectivity index (χ4n) is 7.04. The van der Waals surface area contributed by atoms with Crippen LogP contribution in [0.15, 0.2) is 12.7 Å². The molecule has 0 bridgehead atoms. The molecule has 1 aliphatic heterocycles. The maximum absolute atomic E-state index is 5.98. The van der Waals surface area contributed by atoms with Crippen molar-refractivity contribution in [2.24, 2.45) is 0 Å². The van der Waals surface area contributed by atoms with Crippen molar-refractivity contribution in [1.82, 2.24) is 0 Å². The molecule has 0 radical (unpaired) electrons. The zero-order chi connectivity index (χ0) is 30.7. The van der Waals surface area contributed by atoms with Crippen LogP contribution in [-0.4, -0.2) is 12.2 Å². The summed E-state index contributed by atoms with van der Waals surface area (Å²) in [7, 11) is 0. The van der Waals surface area contributed by atoms with Crippen molar-refractivity contribution >= 4 is 0 Å². The van der Waals surface area contributed by atoms with E-state index < -0.39 is 0 Å². The van der Waals surface area contributed by atoms with Gasteiger partial charge in [0.15, 0.2) is 0 Å². The lowest BCUT2D eigenvalue weighted by Crippen LogP contribution is -1.95. The number of rotatable bonds is 38. The van der Waals surface area contributed by atoms with Crippen molar-refractivity contribution in [3.8, 4) is 0 Å². The second-order valence-electron chi connectivity index (χ2n) is 14.5. The van der Waals surface area contributed by atoms with Gasteiger partial charge >= 0.3 is 0 Å². The summed E-state index contributed by atoms with van der Waals surface area (Å²) >= 11 is 0. The van der Waals surface area contributed by atoms with Crippen molar-refractivity contribution in [3.05, 3.63) is 12.7 Å². The smallest absolute Gasteiger partial charge is 0.0841 e. The summed E-state index contributed by atoms with van der Waals surface area (Å²) in [4.78, 5) is 0. The molecule has 0 saturated carbocycles. The van der Waals surface area contributed by atoms with E-state index in [9.17, 15) is 0 Å². The third kappa shape index (κ3) is 31.5. The summed E-state index contributed by atoms with van der Waals surface area (Å²) in [5.41, 5.74) is 0. The Morgan fingerprint density at radius 2 is 0.581 bits per heavy atom. The summed E-state index contributed by atoms with van der Waals surface area (Å²) in [6.07, 6.45) is 56.6. The largest absolute Gasteiger partial charge is 0.370 e. The maximum Gasteiger partial charge on any atom is 0.0841 e. The molecular formula is C42H82O. The van der Waals surface area contributed by atoms with Crippen molar-refractivity contribution < 1.29 is 4.74 Å². The molecule has 0 aliphatic carbocycles. The van der Waals surface area contributed by atoms with Crippen LogP contribution < -0.4 is 0 Å². The highest BCUT2D eigenvalue weighted by atomic mass is 16.6. The Morgan fingerprint density at radius 1 is 0.349 bits per heavy atom. The molecule has 0 aromatic rings. The Morgan fingerprint density at radius 3 is 0.837 bits per heavy atom. The molecule has 2 unspecified atom stereocenters. The monoisotopic (exact) mass is 603 g/mol. The molecule has 1 nitrogen and oxygen atoms in total. The fraction of sp³-hybridized carbons (Fsp3) is 0.952. The second-order valence-corrected chi connectivity index (χ2v) is 14.5. The molecule has 1 heteroatoms. The second kappa shape index (κ2) is 34.6. The maximum atomic E-state index is 5.98. The van der Waals surface area contributed by atoms with Gasteiger partial charge in [0.2, 0.25) is 0 Å². The van der Waals surface area contributed by atoms with E-state index in [-0.39, 0.29) is 0 Å². The Balaban J connectivity index is 1.65. The van der Waals surface area contributed by atoms with E-state index in [1.807, 2.05) is 0 Å². The van der Waals surface area contributed by atoms with Crippen molar-refractivity contribution in [3.63, 3.8) is 0 Å². The first kappa shape index (κ1) is 40.7. The molecule has 2 atom stereocenters. The molecule has 1 saturated heterocycles. The van der Waals surface area contributed by atoms with Gasteiger partial charge in [-0.05, 0) is 25.7 Å². The average molecular weight is 603 g/mol. The van der Waals surface area contributed by atoms with E-state index in [1.54, 1.807) is 0 Å². The van der Waals surface area contributed by atoms with Crippen LogP contribution in [0.2, 0.25) is 0 Å². The molecule has 0 amide bonds. The fourth-order valence-corrected chi connectivity index (χ4v) is 7.04. The zero-order valence-electron chi connectivity index (χ0n) is 30.0. The summed E-state index contributed by atoms with van der Waals surface area (Å²) in [5, 5.41) is 0. The van der Waals surface area contributed by atoms with Crippen LogP contribution >= 0.6 is 0 Å². The van der Waals surface area contributed by atoms with Gasteiger partial charge in [0, 0.05) is 0 Å². The Kier molecular flexibility index (Phi) is 32.7. The number of hydrogen-bond donors (Lipinski definition) is 0. The van der Waals surface area contributed by atoms with E-state index >= 15 is 0 Å². The van der Waals surface area contributed by atoms with Gasteiger partial charge in [-0.2, -0.15) is 0 Å². The van der Waals surface area contributed by atoms with Crippen LogP contribution in [0.25, 0.3) is 0 Å². The molecule has 1 aliphatic rings. The predicted molar refractivity (Wildman–Crippen MR) is 195 cm³/mol. The van der Waals surface area contributed by atoms with E-state index in [2.05, 4.69) is 19.6 Å². The van der Waals surface area contributed by atoms with Crippen LogP contribution in [0.4, 0.5) is 0 Å². The number of allylic oxidation sites excluding steroid dienone is 1. The minimum Gasteiger partial charge on any atom is -0.370 e. The lowest BCUT2D eigenvalue weighted by molar-refractivity contribution is 0.347. The van der Waals surface area contributed by atoms with Gasteiger partial charge in [0.25, 0.3) is 0 Å². The van der Waals surface area contributed by atoms with Crippen molar-refractivity contribution in [2.75, 3.05) is 0 Å². The molecule has 0 aromatic heterocycles. The summed E-state index contributed by atoms with van der Waals surface area (Å²) < 4.78 is 5.98. The summed E-state index contributed by atoms with van der Waals surface area (Å²) in [6, 6.07) is 0. The van der Waals surface area contributed by atoms with Crippen LogP contribution in [0.3, 0.4) is 0 Å². The molecule has 1 heterocycles. The van der Waals surface area contributed by atoms with Crippen LogP contribution in [-0.2, 0) is 4.74 Å². The number of unbranched alkanes of at least 4 members (excludes halogenated alkanes) is 33. The first-order valence-electron chi connectivity index (χ1n) is 20.6. The van der Waals surface area contributed by atoms with E-state index in [1.165, 1.54) is 238 Å². The molecule has 256 valence electrons. The third-order valence-corrected chi connectivity index (χ3v) is 10.2. The minimum atomic E-state index is 0.628. The van der Waals surface area contributed by atoms with Crippen LogP contribution in [0.5, 0.6) is 0 Å². The molecule has 1 rings (SSSR count). The Hall–Kier alpha value is -0.300. The van der Waals surface area contributed by atoms with Gasteiger partial charge in [-0.3, -0.25) is 0 Å². The summed E-state index contributed by atoms with van der Waals surface area (Å²) in [5.74, 6) is 0. The van der Waals surface area contributed by atoms with Gasteiger partial charge in [-0.15, -0.1) is 6.58 Å². The van der Waals surface area contributed by atoms with Crippen molar-refractivity contribution in [1.29, 1.82) is 0 Å². The molecule has 0 spiro atoms. The van der Waals surface area contributed by atoms with Gasteiger partial charge in [-0.25, -0.2) is 0 Å². The Bertz CT molecular complexity index is 527. The predicted octanol–water partition coefficient (Wildman–Crippen LogP) is 15.4. The normalized spacial score (nSPS) is 16.2. The number of hydrogen-bond acceptors (Lipinski definition) is 1. The molecule has 0 aromatic carbocycles. The molecule has 1 fully saturated rings. The number of ether oxygens (including phenoxy) is 1. The lowest BCUT2D eigenvalue weighted by Gasteiger charge is -2.04. The van der Waals surface area contributed by atoms with Gasteiger partial charge in [0.1, 0.15) is 0 Å². The topological polar surface area (TPSA) is 12.5 Å². The lowest BCUT2D eigenvalue weighted by atomic mass is 10.0. The SMILES string of the molecule is C=CCCCCCCCCCCCCCCCCCCCCC1OC1CCCCCCCCCCCCCCCCCC. The standard InChI is InChI=1S/C42H82O/c1-3-5-7-9-11-13-15-17-19-21-22-23-24-26-28-30-32-34-36-38-40-42-41(43-42)39-37-35-33-31-29-27-25-20-18-16-14-12-10-8-6-4-2/h3,41-42H,1,4-40H2,2H3. The highest BCUT2D eigenvalue weighted by Gasteiger charge is 2.36. The number of epoxide rings is 1. The summed E-state index contributed by atoms with van der Waals surface area (Å²) in [6.45, 7) is 6.11. The van der Waals surface area contributed by atoms with Crippen LogP contribution in [0.1, 0.15) is 244 Å². The first-order valence-corrected chi connectivity index (χ1v) is 20.6. The Labute approximate surface area is 273 Å². The molecule has 0 N–H and O–H groups in total. The van der Waals surface area contributed by atoms with Crippen LogP contribution in [0, 0.1) is 0 Å².